The molecule has 0 spiro atoms. The lowest BCUT2D eigenvalue weighted by Gasteiger charge is -2.37. The highest BCUT2D eigenvalue weighted by atomic mass is 16.5. The van der Waals surface area contributed by atoms with Crippen LogP contribution in [0.4, 0.5) is 11.4 Å². The molecule has 9 heteroatoms. The summed E-state index contributed by atoms with van der Waals surface area (Å²) in [5.41, 5.74) is 4.11. The quantitative estimate of drug-likeness (QED) is 0.511. The van der Waals surface area contributed by atoms with E-state index in [0.29, 0.717) is 80.6 Å². The van der Waals surface area contributed by atoms with Crippen LogP contribution in [0, 0.1) is 6.92 Å². The van der Waals surface area contributed by atoms with Gasteiger partial charge in [-0.05, 0) is 61.5 Å². The van der Waals surface area contributed by atoms with Gasteiger partial charge in [-0.25, -0.2) is 0 Å². The molecule has 208 valence electrons. The molecule has 0 radical (unpaired) electrons. The molecular formula is C31H34N4O5. The Morgan fingerprint density at radius 1 is 0.750 bits per heavy atom. The van der Waals surface area contributed by atoms with E-state index >= 15 is 0 Å². The average Bonchev–Trinajstić information content (AvgIpc) is 3.01. The molecule has 3 amide bonds. The number of benzene rings is 3. The van der Waals surface area contributed by atoms with Crippen LogP contribution in [0.1, 0.15) is 36.6 Å². The topological polar surface area (TPSA) is 91.4 Å². The normalized spacial score (nSPS) is 15.5. The first-order chi connectivity index (χ1) is 19.4. The molecule has 3 aromatic rings. The third-order valence-electron chi connectivity index (χ3n) is 7.34. The van der Waals surface area contributed by atoms with Crippen molar-refractivity contribution >= 4 is 29.1 Å². The highest BCUT2D eigenvalue weighted by Gasteiger charge is 2.28. The monoisotopic (exact) mass is 542 g/mol. The Balaban J connectivity index is 1.34. The molecule has 0 aromatic heterocycles. The second-order valence-electron chi connectivity index (χ2n) is 9.96. The summed E-state index contributed by atoms with van der Waals surface area (Å²) in [6.45, 7) is 6.22. The minimum atomic E-state index is -0.233. The lowest BCUT2D eigenvalue weighted by molar-refractivity contribution is 0.0303. The predicted molar refractivity (Wildman–Crippen MR) is 153 cm³/mol. The molecule has 2 aliphatic rings. The Hall–Kier alpha value is -4.37. The van der Waals surface area contributed by atoms with Gasteiger partial charge in [0.1, 0.15) is 5.75 Å². The number of anilines is 2. The number of ether oxygens (including phenoxy) is 2. The van der Waals surface area contributed by atoms with Crippen LogP contribution >= 0.6 is 0 Å². The number of amides is 3. The van der Waals surface area contributed by atoms with E-state index in [1.165, 1.54) is 0 Å². The molecule has 3 aromatic carbocycles. The zero-order valence-corrected chi connectivity index (χ0v) is 22.9. The van der Waals surface area contributed by atoms with Gasteiger partial charge in [-0.3, -0.25) is 14.4 Å². The van der Waals surface area contributed by atoms with E-state index in [0.717, 1.165) is 11.3 Å². The van der Waals surface area contributed by atoms with Crippen LogP contribution in [0.15, 0.2) is 66.7 Å². The highest BCUT2D eigenvalue weighted by molar-refractivity contribution is 6.06. The lowest BCUT2D eigenvalue weighted by atomic mass is 10.1. The Bertz CT molecular complexity index is 1360. The first-order valence-electron chi connectivity index (χ1n) is 13.5. The van der Waals surface area contributed by atoms with E-state index in [1.807, 2.05) is 36.1 Å². The largest absolute Gasteiger partial charge is 0.497 e. The summed E-state index contributed by atoms with van der Waals surface area (Å²) in [5.74, 6) is 0.350. The fraction of sp³-hybridized carbons (Fsp3) is 0.323. The van der Waals surface area contributed by atoms with Gasteiger partial charge in [-0.1, -0.05) is 17.7 Å². The summed E-state index contributed by atoms with van der Waals surface area (Å²) in [6, 6.07) is 19.9. The minimum Gasteiger partial charge on any atom is -0.497 e. The summed E-state index contributed by atoms with van der Waals surface area (Å²) < 4.78 is 10.6. The van der Waals surface area contributed by atoms with Crippen LogP contribution in [0.3, 0.4) is 0 Å². The van der Waals surface area contributed by atoms with Gasteiger partial charge in [0.05, 0.1) is 25.9 Å². The van der Waals surface area contributed by atoms with Crippen molar-refractivity contribution in [2.24, 2.45) is 0 Å². The number of methoxy groups -OCH3 is 1. The maximum absolute atomic E-state index is 13.7. The van der Waals surface area contributed by atoms with Crippen LogP contribution in [-0.2, 0) is 4.74 Å². The van der Waals surface area contributed by atoms with E-state index < -0.39 is 0 Å². The van der Waals surface area contributed by atoms with Gasteiger partial charge in [-0.15, -0.1) is 0 Å². The summed E-state index contributed by atoms with van der Waals surface area (Å²) in [4.78, 5) is 45.4. The van der Waals surface area contributed by atoms with Gasteiger partial charge in [0, 0.05) is 61.8 Å². The number of morpholine rings is 1. The van der Waals surface area contributed by atoms with Crippen molar-refractivity contribution in [3.63, 3.8) is 0 Å². The fourth-order valence-corrected chi connectivity index (χ4v) is 4.97. The Morgan fingerprint density at radius 2 is 1.38 bits per heavy atom. The van der Waals surface area contributed by atoms with Crippen molar-refractivity contribution in [2.45, 2.75) is 6.92 Å². The van der Waals surface area contributed by atoms with Crippen LogP contribution < -0.4 is 15.0 Å². The molecule has 2 heterocycles. The minimum absolute atomic E-state index is 0.0268. The number of nitrogens with one attached hydrogen (secondary N) is 1. The molecule has 5 rings (SSSR count). The number of aryl methyl sites for hydroxylation is 1. The second-order valence-corrected chi connectivity index (χ2v) is 9.96. The Kier molecular flexibility index (Phi) is 8.31. The van der Waals surface area contributed by atoms with E-state index in [9.17, 15) is 14.4 Å². The second kappa shape index (κ2) is 12.2. The summed E-state index contributed by atoms with van der Waals surface area (Å²) in [6.07, 6.45) is 0. The molecule has 0 aliphatic carbocycles. The predicted octanol–water partition coefficient (Wildman–Crippen LogP) is 3.69. The van der Waals surface area contributed by atoms with Crippen LogP contribution in [-0.4, -0.2) is 87.1 Å². The summed E-state index contributed by atoms with van der Waals surface area (Å²) in [5, 5.41) is 2.94. The third kappa shape index (κ3) is 6.10. The van der Waals surface area contributed by atoms with E-state index in [4.69, 9.17) is 9.47 Å². The zero-order chi connectivity index (χ0) is 28.1. The van der Waals surface area contributed by atoms with E-state index in [1.54, 1.807) is 54.5 Å². The van der Waals surface area contributed by atoms with Crippen molar-refractivity contribution in [1.82, 2.24) is 9.80 Å². The molecule has 2 fully saturated rings. The maximum atomic E-state index is 13.7. The maximum Gasteiger partial charge on any atom is 0.256 e. The first-order valence-corrected chi connectivity index (χ1v) is 13.5. The molecule has 0 unspecified atom stereocenters. The summed E-state index contributed by atoms with van der Waals surface area (Å²) >= 11 is 0. The molecule has 9 nitrogen and oxygen atoms in total. The van der Waals surface area contributed by atoms with Crippen LogP contribution in [0.2, 0.25) is 0 Å². The molecule has 2 aliphatic heterocycles. The van der Waals surface area contributed by atoms with Gasteiger partial charge in [0.15, 0.2) is 0 Å². The molecular weight excluding hydrogens is 508 g/mol. The van der Waals surface area contributed by atoms with Gasteiger partial charge in [-0.2, -0.15) is 0 Å². The number of hydrogen-bond acceptors (Lipinski definition) is 6. The highest BCUT2D eigenvalue weighted by Crippen LogP contribution is 2.28. The van der Waals surface area contributed by atoms with Gasteiger partial charge >= 0.3 is 0 Å². The molecule has 1 N–H and O–H groups in total. The zero-order valence-electron chi connectivity index (χ0n) is 22.9. The lowest BCUT2D eigenvalue weighted by Crippen LogP contribution is -2.49. The van der Waals surface area contributed by atoms with Crippen molar-refractivity contribution in [3.8, 4) is 5.75 Å². The number of carbonyl (C=O) groups is 3. The Morgan fingerprint density at radius 3 is 2.02 bits per heavy atom. The molecule has 2 saturated heterocycles. The third-order valence-corrected chi connectivity index (χ3v) is 7.34. The standard InChI is InChI=1S/C31H34N4O5/c1-22-3-5-23(6-4-22)29(36)32-25-9-12-28(27(21-25)31(38)35-17-19-40-20-18-35)33-13-15-34(16-14-33)30(37)24-7-10-26(39-2)11-8-24/h3-12,21H,13-20H2,1-2H3,(H,32,36). The molecule has 0 bridgehead atoms. The summed E-state index contributed by atoms with van der Waals surface area (Å²) in [7, 11) is 1.60. The molecule has 0 saturated carbocycles. The van der Waals surface area contributed by atoms with E-state index in [-0.39, 0.29) is 17.7 Å². The van der Waals surface area contributed by atoms with E-state index in [2.05, 4.69) is 10.2 Å². The number of hydrogen-bond donors (Lipinski definition) is 1. The van der Waals surface area contributed by atoms with Gasteiger partial charge in [0.25, 0.3) is 17.7 Å². The molecule has 0 atom stereocenters. The van der Waals surface area contributed by atoms with Crippen molar-refractivity contribution < 1.29 is 23.9 Å². The Labute approximate surface area is 234 Å². The van der Waals surface area contributed by atoms with Crippen molar-refractivity contribution in [3.05, 3.63) is 89.0 Å². The van der Waals surface area contributed by atoms with Crippen LogP contribution in [0.25, 0.3) is 0 Å². The van der Waals surface area contributed by atoms with Crippen molar-refractivity contribution in [2.75, 3.05) is 69.8 Å². The van der Waals surface area contributed by atoms with Gasteiger partial charge < -0.3 is 29.5 Å². The number of carbonyl (C=O) groups excluding carboxylic acids is 3. The molecule has 40 heavy (non-hydrogen) atoms. The van der Waals surface area contributed by atoms with Gasteiger partial charge in [0.2, 0.25) is 0 Å². The van der Waals surface area contributed by atoms with Crippen LogP contribution in [0.5, 0.6) is 5.75 Å². The smallest absolute Gasteiger partial charge is 0.256 e. The number of rotatable bonds is 6. The fourth-order valence-electron chi connectivity index (χ4n) is 4.97. The van der Waals surface area contributed by atoms with Crippen molar-refractivity contribution in [1.29, 1.82) is 0 Å². The number of piperazine rings is 1. The average molecular weight is 543 g/mol. The SMILES string of the molecule is COc1ccc(C(=O)N2CCN(c3ccc(NC(=O)c4ccc(C)cc4)cc3C(=O)N3CCOCC3)CC2)cc1. The number of nitrogens with zero attached hydrogens (tertiary/aromatic N) is 3. The first kappa shape index (κ1) is 27.2.